The summed E-state index contributed by atoms with van der Waals surface area (Å²) >= 11 is 0. The highest BCUT2D eigenvalue weighted by molar-refractivity contribution is 7.91. The van der Waals surface area contributed by atoms with Crippen molar-refractivity contribution in [1.29, 1.82) is 0 Å². The average Bonchev–Trinajstić information content (AvgIpc) is 2.30. The molecular weight excluding hydrogens is 240 g/mol. The Balaban J connectivity index is 2.09. The van der Waals surface area contributed by atoms with Crippen molar-refractivity contribution in [3.63, 3.8) is 0 Å². The molecule has 1 unspecified atom stereocenters. The molecule has 0 saturated carbocycles. The maximum atomic E-state index is 11.5. The average molecular weight is 262 g/mol. The van der Waals surface area contributed by atoms with Crippen LogP contribution in [0.2, 0.25) is 0 Å². The van der Waals surface area contributed by atoms with Gasteiger partial charge < -0.3 is 10.5 Å². The van der Waals surface area contributed by atoms with Crippen LogP contribution < -0.4 is 5.73 Å². The first kappa shape index (κ1) is 13.3. The zero-order valence-electron chi connectivity index (χ0n) is 10.4. The lowest BCUT2D eigenvalue weighted by Crippen LogP contribution is -2.61. The normalized spacial score (nSPS) is 33.4. The summed E-state index contributed by atoms with van der Waals surface area (Å²) in [6.45, 7) is 5.03. The Morgan fingerprint density at radius 1 is 1.41 bits per heavy atom. The lowest BCUT2D eigenvalue weighted by molar-refractivity contribution is -0.0633. The fourth-order valence-electron chi connectivity index (χ4n) is 2.82. The largest absolute Gasteiger partial charge is 0.376 e. The zero-order valence-corrected chi connectivity index (χ0v) is 11.2. The van der Waals surface area contributed by atoms with Crippen LogP contribution in [0.15, 0.2) is 0 Å². The quantitative estimate of drug-likeness (QED) is 0.734. The van der Waals surface area contributed by atoms with Crippen molar-refractivity contribution in [2.45, 2.75) is 31.4 Å². The maximum Gasteiger partial charge on any atom is 0.150 e. The molecule has 0 bridgehead atoms. The van der Waals surface area contributed by atoms with Gasteiger partial charge in [0.2, 0.25) is 0 Å². The maximum absolute atomic E-state index is 11.5. The Hall–Kier alpha value is -0.170. The molecule has 1 atom stereocenters. The SMILES string of the molecule is CC1CN(C2(CN)CCS(=O)(=O)CC2)CCO1. The molecule has 100 valence electrons. The highest BCUT2D eigenvalue weighted by Crippen LogP contribution is 2.30. The Bertz CT molecular complexity index is 355. The molecule has 0 aromatic rings. The molecule has 6 heteroatoms. The molecule has 2 aliphatic heterocycles. The van der Waals surface area contributed by atoms with Gasteiger partial charge in [0.15, 0.2) is 0 Å². The number of nitrogens with zero attached hydrogens (tertiary/aromatic N) is 1. The van der Waals surface area contributed by atoms with Crippen LogP contribution in [-0.2, 0) is 14.6 Å². The summed E-state index contributed by atoms with van der Waals surface area (Å²) in [6.07, 6.45) is 1.54. The standard InChI is InChI=1S/C11H22N2O3S/c1-10-8-13(4-5-16-10)11(9-12)2-6-17(14,15)7-3-11/h10H,2-9,12H2,1H3. The van der Waals surface area contributed by atoms with E-state index in [-0.39, 0.29) is 23.1 Å². The predicted octanol–water partition coefficient (Wildman–Crippen LogP) is -0.387. The molecule has 0 spiro atoms. The summed E-state index contributed by atoms with van der Waals surface area (Å²) in [7, 11) is -2.83. The fraction of sp³-hybridized carbons (Fsp3) is 1.00. The molecule has 0 amide bonds. The molecule has 0 aromatic heterocycles. The minimum Gasteiger partial charge on any atom is -0.376 e. The number of ether oxygens (including phenoxy) is 1. The highest BCUT2D eigenvalue weighted by atomic mass is 32.2. The van der Waals surface area contributed by atoms with Crippen molar-refractivity contribution >= 4 is 9.84 Å². The second-order valence-electron chi connectivity index (χ2n) is 5.21. The Kier molecular flexibility index (Phi) is 3.77. The van der Waals surface area contributed by atoms with Gasteiger partial charge in [0.05, 0.1) is 24.2 Å². The van der Waals surface area contributed by atoms with E-state index < -0.39 is 9.84 Å². The van der Waals surface area contributed by atoms with E-state index in [1.165, 1.54) is 0 Å². The zero-order chi connectivity index (χ0) is 12.5. The second kappa shape index (κ2) is 4.84. The van der Waals surface area contributed by atoms with Gasteiger partial charge in [-0.25, -0.2) is 8.42 Å². The van der Waals surface area contributed by atoms with E-state index in [0.29, 0.717) is 19.4 Å². The van der Waals surface area contributed by atoms with Crippen LogP contribution >= 0.6 is 0 Å². The van der Waals surface area contributed by atoms with E-state index in [2.05, 4.69) is 11.8 Å². The van der Waals surface area contributed by atoms with Crippen molar-refractivity contribution < 1.29 is 13.2 Å². The minimum absolute atomic E-state index is 0.122. The topological polar surface area (TPSA) is 72.6 Å². The molecule has 2 rings (SSSR count). The number of rotatable bonds is 2. The first-order valence-electron chi connectivity index (χ1n) is 6.25. The van der Waals surface area contributed by atoms with Gasteiger partial charge in [0.25, 0.3) is 0 Å². The molecule has 0 aromatic carbocycles. The minimum atomic E-state index is -2.83. The number of nitrogens with two attached hydrogens (primary N) is 1. The molecule has 2 N–H and O–H groups in total. The van der Waals surface area contributed by atoms with Gasteiger partial charge in [-0.3, -0.25) is 4.90 Å². The van der Waals surface area contributed by atoms with Crippen molar-refractivity contribution in [1.82, 2.24) is 4.90 Å². The van der Waals surface area contributed by atoms with E-state index in [4.69, 9.17) is 10.5 Å². The third-order valence-corrected chi connectivity index (χ3v) is 5.70. The van der Waals surface area contributed by atoms with Gasteiger partial charge in [0, 0.05) is 25.2 Å². The molecule has 2 aliphatic rings. The van der Waals surface area contributed by atoms with Crippen molar-refractivity contribution in [3.05, 3.63) is 0 Å². The monoisotopic (exact) mass is 262 g/mol. The van der Waals surface area contributed by atoms with Gasteiger partial charge >= 0.3 is 0 Å². The van der Waals surface area contributed by atoms with Crippen LogP contribution in [-0.4, -0.2) is 62.7 Å². The van der Waals surface area contributed by atoms with Gasteiger partial charge in [-0.1, -0.05) is 0 Å². The number of sulfone groups is 1. The summed E-state index contributed by atoms with van der Waals surface area (Å²) in [6, 6.07) is 0. The van der Waals surface area contributed by atoms with Crippen molar-refractivity contribution in [2.75, 3.05) is 37.7 Å². The third-order valence-electron chi connectivity index (χ3n) is 4.05. The Labute approximate surface area is 103 Å². The summed E-state index contributed by atoms with van der Waals surface area (Å²) in [5, 5.41) is 0. The van der Waals surface area contributed by atoms with Crippen molar-refractivity contribution in [2.24, 2.45) is 5.73 Å². The lowest BCUT2D eigenvalue weighted by atomic mass is 9.89. The van der Waals surface area contributed by atoms with E-state index in [1.807, 2.05) is 0 Å². The fourth-order valence-corrected chi connectivity index (χ4v) is 4.40. The summed E-state index contributed by atoms with van der Waals surface area (Å²) in [5.74, 6) is 0.547. The summed E-state index contributed by atoms with van der Waals surface area (Å²) in [5.41, 5.74) is 5.80. The molecule has 17 heavy (non-hydrogen) atoms. The second-order valence-corrected chi connectivity index (χ2v) is 7.51. The van der Waals surface area contributed by atoms with Crippen LogP contribution in [0.25, 0.3) is 0 Å². The van der Waals surface area contributed by atoms with Crippen LogP contribution in [0.5, 0.6) is 0 Å². The van der Waals surface area contributed by atoms with Gasteiger partial charge in [-0.2, -0.15) is 0 Å². The highest BCUT2D eigenvalue weighted by Gasteiger charge is 2.42. The van der Waals surface area contributed by atoms with Crippen molar-refractivity contribution in [3.8, 4) is 0 Å². The van der Waals surface area contributed by atoms with Gasteiger partial charge in [-0.15, -0.1) is 0 Å². The number of morpholine rings is 1. The Morgan fingerprint density at radius 3 is 2.59 bits per heavy atom. The molecule has 2 heterocycles. The smallest absolute Gasteiger partial charge is 0.150 e. The van der Waals surface area contributed by atoms with E-state index in [1.54, 1.807) is 0 Å². The number of hydrogen-bond acceptors (Lipinski definition) is 5. The first-order chi connectivity index (χ1) is 7.97. The van der Waals surface area contributed by atoms with Crippen LogP contribution in [0, 0.1) is 0 Å². The third kappa shape index (κ3) is 2.81. The molecule has 0 radical (unpaired) electrons. The molecule has 2 saturated heterocycles. The lowest BCUT2D eigenvalue weighted by Gasteiger charge is -2.48. The predicted molar refractivity (Wildman–Crippen MR) is 66.7 cm³/mol. The molecule has 5 nitrogen and oxygen atoms in total. The van der Waals surface area contributed by atoms with E-state index in [9.17, 15) is 8.42 Å². The molecule has 0 aliphatic carbocycles. The van der Waals surface area contributed by atoms with E-state index >= 15 is 0 Å². The van der Waals surface area contributed by atoms with Gasteiger partial charge in [-0.05, 0) is 19.8 Å². The van der Waals surface area contributed by atoms with Crippen LogP contribution in [0.3, 0.4) is 0 Å². The number of hydrogen-bond donors (Lipinski definition) is 1. The van der Waals surface area contributed by atoms with Crippen LogP contribution in [0.1, 0.15) is 19.8 Å². The van der Waals surface area contributed by atoms with E-state index in [0.717, 1.165) is 19.7 Å². The van der Waals surface area contributed by atoms with Crippen LogP contribution in [0.4, 0.5) is 0 Å². The van der Waals surface area contributed by atoms with Gasteiger partial charge in [0.1, 0.15) is 9.84 Å². The summed E-state index contributed by atoms with van der Waals surface area (Å²) < 4.78 is 28.6. The Morgan fingerprint density at radius 2 is 2.06 bits per heavy atom. The molecular formula is C11H22N2O3S. The molecule has 2 fully saturated rings. The first-order valence-corrected chi connectivity index (χ1v) is 8.07. The summed E-state index contributed by atoms with van der Waals surface area (Å²) in [4.78, 5) is 2.34.